The smallest absolute Gasteiger partial charge is 0.473 e. The van der Waals surface area contributed by atoms with Crippen molar-refractivity contribution in [2.24, 2.45) is 13.0 Å². The zero-order valence-electron chi connectivity index (χ0n) is 18.0. The first-order chi connectivity index (χ1) is 15.5. The van der Waals surface area contributed by atoms with Gasteiger partial charge in [-0.25, -0.2) is 4.68 Å². The van der Waals surface area contributed by atoms with Gasteiger partial charge >= 0.3 is 21.6 Å². The van der Waals surface area contributed by atoms with Crippen molar-refractivity contribution in [2.75, 3.05) is 13.2 Å². The minimum absolute atomic E-state index is 0.0507. The molecule has 1 aromatic carbocycles. The maximum Gasteiger partial charge on any atom is 0.534 e. The molecule has 0 radical (unpaired) electrons. The minimum Gasteiger partial charge on any atom is -0.473 e. The SMILES string of the molecule is CCOC(=O)C1CCC(OS(=O)(=O)C(F)(F)F)=C(COc2cc(-c3ccccc3)nn2C)C1. The summed E-state index contributed by atoms with van der Waals surface area (Å²) in [5.74, 6) is -1.23. The van der Waals surface area contributed by atoms with Crippen LogP contribution in [0.3, 0.4) is 0 Å². The van der Waals surface area contributed by atoms with E-state index in [1.54, 1.807) is 20.0 Å². The van der Waals surface area contributed by atoms with Gasteiger partial charge in [-0.3, -0.25) is 4.79 Å². The van der Waals surface area contributed by atoms with Crippen LogP contribution in [0.25, 0.3) is 11.3 Å². The molecule has 3 rings (SSSR count). The number of carbonyl (C=O) groups excluding carboxylic acids is 1. The average Bonchev–Trinajstić information content (AvgIpc) is 3.13. The number of alkyl halides is 3. The van der Waals surface area contributed by atoms with Gasteiger partial charge in [-0.2, -0.15) is 26.7 Å². The van der Waals surface area contributed by atoms with Crippen LogP contribution in [0.15, 0.2) is 47.7 Å². The molecule has 33 heavy (non-hydrogen) atoms. The Labute approximate surface area is 189 Å². The van der Waals surface area contributed by atoms with Crippen molar-refractivity contribution in [3.8, 4) is 17.1 Å². The fourth-order valence-electron chi connectivity index (χ4n) is 3.37. The number of ether oxygens (including phenoxy) is 2. The van der Waals surface area contributed by atoms with Crippen LogP contribution < -0.4 is 4.74 Å². The predicted molar refractivity (Wildman–Crippen MR) is 111 cm³/mol. The molecule has 1 aromatic heterocycles. The van der Waals surface area contributed by atoms with Crippen LogP contribution in [-0.4, -0.2) is 42.9 Å². The number of benzene rings is 1. The molecule has 0 aliphatic heterocycles. The summed E-state index contributed by atoms with van der Waals surface area (Å²) in [5.41, 5.74) is -3.99. The van der Waals surface area contributed by atoms with Gasteiger partial charge in [-0.15, -0.1) is 0 Å². The molecule has 1 aliphatic rings. The van der Waals surface area contributed by atoms with Gasteiger partial charge in [-0.05, 0) is 19.8 Å². The van der Waals surface area contributed by atoms with Crippen molar-refractivity contribution >= 4 is 16.1 Å². The van der Waals surface area contributed by atoms with E-state index in [4.69, 9.17) is 9.47 Å². The van der Waals surface area contributed by atoms with Crippen molar-refractivity contribution in [3.05, 3.63) is 47.7 Å². The van der Waals surface area contributed by atoms with E-state index < -0.39 is 27.5 Å². The van der Waals surface area contributed by atoms with E-state index in [1.807, 2.05) is 30.3 Å². The first-order valence-corrected chi connectivity index (χ1v) is 11.5. The highest BCUT2D eigenvalue weighted by Gasteiger charge is 2.49. The van der Waals surface area contributed by atoms with Crippen molar-refractivity contribution in [2.45, 2.75) is 31.7 Å². The summed E-state index contributed by atoms with van der Waals surface area (Å²) < 4.78 is 78.2. The van der Waals surface area contributed by atoms with E-state index in [0.717, 1.165) is 5.56 Å². The van der Waals surface area contributed by atoms with E-state index in [9.17, 15) is 26.4 Å². The largest absolute Gasteiger partial charge is 0.534 e. The Kier molecular flexibility index (Phi) is 7.35. The summed E-state index contributed by atoms with van der Waals surface area (Å²) in [7, 11) is -4.22. The van der Waals surface area contributed by atoms with E-state index in [-0.39, 0.29) is 43.8 Å². The number of aromatic nitrogens is 2. The molecule has 0 saturated carbocycles. The first kappa shape index (κ1) is 24.6. The highest BCUT2D eigenvalue weighted by atomic mass is 32.2. The topological polar surface area (TPSA) is 96.7 Å². The summed E-state index contributed by atoms with van der Waals surface area (Å²) in [6.07, 6.45) is -0.141. The number of esters is 1. The van der Waals surface area contributed by atoms with Gasteiger partial charge in [0.05, 0.1) is 18.2 Å². The molecule has 0 fully saturated rings. The molecule has 0 bridgehead atoms. The molecule has 0 saturated heterocycles. The van der Waals surface area contributed by atoms with Gasteiger partial charge in [0.25, 0.3) is 0 Å². The number of carbonyl (C=O) groups is 1. The Morgan fingerprint density at radius 2 is 1.94 bits per heavy atom. The van der Waals surface area contributed by atoms with Gasteiger partial charge in [0.2, 0.25) is 5.88 Å². The van der Waals surface area contributed by atoms with E-state index in [0.29, 0.717) is 11.6 Å². The fraction of sp³-hybridized carbons (Fsp3) is 0.429. The molecule has 1 aliphatic carbocycles. The zero-order chi connectivity index (χ0) is 24.2. The highest BCUT2D eigenvalue weighted by Crippen LogP contribution is 2.36. The average molecular weight is 488 g/mol. The number of rotatable bonds is 8. The molecule has 0 spiro atoms. The maximum atomic E-state index is 12.8. The standard InChI is InChI=1S/C21H23F3N2O6S/c1-3-30-20(27)15-9-10-18(32-33(28,29)21(22,23)24)16(11-15)13-31-19-12-17(25-26(19)2)14-7-5-4-6-8-14/h4-8,12,15H,3,9-11,13H2,1-2H3. The second-order valence-corrected chi connectivity index (χ2v) is 8.89. The second-order valence-electron chi connectivity index (χ2n) is 7.35. The van der Waals surface area contributed by atoms with Crippen molar-refractivity contribution in [1.82, 2.24) is 9.78 Å². The number of nitrogens with zero attached hydrogens (tertiary/aromatic N) is 2. The second kappa shape index (κ2) is 9.86. The van der Waals surface area contributed by atoms with Gasteiger partial charge < -0.3 is 13.7 Å². The van der Waals surface area contributed by atoms with E-state index >= 15 is 0 Å². The van der Waals surface area contributed by atoms with Crippen LogP contribution in [0.2, 0.25) is 0 Å². The Morgan fingerprint density at radius 3 is 2.58 bits per heavy atom. The molecule has 0 N–H and O–H groups in total. The lowest BCUT2D eigenvalue weighted by Crippen LogP contribution is -2.29. The highest BCUT2D eigenvalue weighted by molar-refractivity contribution is 7.87. The number of hydrogen-bond acceptors (Lipinski definition) is 7. The number of hydrogen-bond donors (Lipinski definition) is 0. The molecular weight excluding hydrogens is 465 g/mol. The third-order valence-electron chi connectivity index (χ3n) is 5.02. The van der Waals surface area contributed by atoms with Crippen LogP contribution in [0.5, 0.6) is 5.88 Å². The van der Waals surface area contributed by atoms with E-state index in [1.165, 1.54) is 4.68 Å². The minimum atomic E-state index is -5.85. The maximum absolute atomic E-state index is 12.8. The lowest BCUT2D eigenvalue weighted by atomic mass is 9.88. The summed E-state index contributed by atoms with van der Waals surface area (Å²) >= 11 is 0. The summed E-state index contributed by atoms with van der Waals surface area (Å²) in [5, 5.41) is 4.35. The van der Waals surface area contributed by atoms with Crippen molar-refractivity contribution < 1.29 is 40.0 Å². The molecule has 1 heterocycles. The Bertz CT molecular complexity index is 1130. The normalized spacial score (nSPS) is 17.1. The Balaban J connectivity index is 1.84. The van der Waals surface area contributed by atoms with Gasteiger partial charge in [0.15, 0.2) is 0 Å². The van der Waals surface area contributed by atoms with Crippen molar-refractivity contribution in [1.29, 1.82) is 0 Å². The molecule has 0 amide bonds. The lowest BCUT2D eigenvalue weighted by molar-refractivity contribution is -0.148. The Hall–Kier alpha value is -3.02. The Morgan fingerprint density at radius 1 is 1.24 bits per heavy atom. The lowest BCUT2D eigenvalue weighted by Gasteiger charge is -2.26. The number of aryl methyl sites for hydroxylation is 1. The molecule has 1 unspecified atom stereocenters. The molecule has 180 valence electrons. The predicted octanol–water partition coefficient (Wildman–Crippen LogP) is 3.95. The van der Waals surface area contributed by atoms with Gasteiger partial charge in [0, 0.05) is 30.7 Å². The van der Waals surface area contributed by atoms with Crippen LogP contribution in [0.4, 0.5) is 13.2 Å². The van der Waals surface area contributed by atoms with Gasteiger partial charge in [0.1, 0.15) is 12.4 Å². The molecular formula is C21H23F3N2O6S. The quantitative estimate of drug-likeness (QED) is 0.315. The molecule has 1 atom stereocenters. The summed E-state index contributed by atoms with van der Waals surface area (Å²) in [4.78, 5) is 12.1. The summed E-state index contributed by atoms with van der Waals surface area (Å²) in [6, 6.07) is 10.9. The van der Waals surface area contributed by atoms with Crippen LogP contribution in [0.1, 0.15) is 26.2 Å². The molecule has 8 nitrogen and oxygen atoms in total. The van der Waals surface area contributed by atoms with E-state index in [2.05, 4.69) is 9.28 Å². The summed E-state index contributed by atoms with van der Waals surface area (Å²) in [6.45, 7) is 1.50. The van der Waals surface area contributed by atoms with Crippen LogP contribution in [0, 0.1) is 5.92 Å². The van der Waals surface area contributed by atoms with Crippen LogP contribution >= 0.6 is 0 Å². The molecule has 12 heteroatoms. The zero-order valence-corrected chi connectivity index (χ0v) is 18.8. The number of halogens is 3. The third kappa shape index (κ3) is 5.86. The monoisotopic (exact) mass is 488 g/mol. The third-order valence-corrected chi connectivity index (χ3v) is 6.01. The van der Waals surface area contributed by atoms with Crippen molar-refractivity contribution in [3.63, 3.8) is 0 Å². The molecule has 2 aromatic rings. The fourth-order valence-corrected chi connectivity index (χ4v) is 3.93. The van der Waals surface area contributed by atoms with Crippen LogP contribution in [-0.2, 0) is 30.9 Å². The van der Waals surface area contributed by atoms with Gasteiger partial charge in [-0.1, -0.05) is 30.3 Å². The number of allylic oxidation sites excluding steroid dienone is 1. The first-order valence-electron chi connectivity index (χ1n) is 10.1.